The first-order valence-electron chi connectivity index (χ1n) is 7.47. The van der Waals surface area contributed by atoms with Gasteiger partial charge in [0.15, 0.2) is 0 Å². The van der Waals surface area contributed by atoms with Crippen LogP contribution in [-0.4, -0.2) is 6.04 Å². The largest absolute Gasteiger partial charge is 0.459 e. The van der Waals surface area contributed by atoms with E-state index in [9.17, 15) is 0 Å². The van der Waals surface area contributed by atoms with Gasteiger partial charge in [-0.3, -0.25) is 0 Å². The molecule has 20 heavy (non-hydrogen) atoms. The third kappa shape index (κ3) is 2.76. The van der Waals surface area contributed by atoms with Crippen molar-refractivity contribution in [3.8, 4) is 0 Å². The lowest BCUT2D eigenvalue weighted by atomic mass is 9.85. The monoisotopic (exact) mass is 273 g/mol. The lowest BCUT2D eigenvalue weighted by Crippen LogP contribution is -2.21. The molecule has 0 radical (unpaired) electrons. The van der Waals surface area contributed by atoms with Crippen LogP contribution < -0.4 is 5.32 Å². The zero-order valence-corrected chi connectivity index (χ0v) is 13.8. The predicted octanol–water partition coefficient (Wildman–Crippen LogP) is 4.85. The quantitative estimate of drug-likeness (QED) is 0.865. The Balaban J connectivity index is 2.60. The van der Waals surface area contributed by atoms with Crippen molar-refractivity contribution in [2.45, 2.75) is 66.5 Å². The maximum absolute atomic E-state index is 6.23. The van der Waals surface area contributed by atoms with Gasteiger partial charge < -0.3 is 9.73 Å². The van der Waals surface area contributed by atoms with E-state index in [0.717, 1.165) is 17.9 Å². The molecule has 0 unspecified atom stereocenters. The summed E-state index contributed by atoms with van der Waals surface area (Å²) in [6, 6.07) is 4.89. The Morgan fingerprint density at radius 1 is 1.15 bits per heavy atom. The molecule has 2 heteroatoms. The maximum Gasteiger partial charge on any atom is 0.138 e. The number of aryl methyl sites for hydroxylation is 2. The number of hydrogen-bond acceptors (Lipinski definition) is 2. The molecule has 2 nitrogen and oxygen atoms in total. The standard InChI is InChI=1S/C18H27NO/c1-11(2)19-10-15-13(4)16-12(3)8-9-14(17(16)20-15)18(5,6)7/h8-9,11,19H,10H2,1-7H3. The first-order valence-corrected chi connectivity index (χ1v) is 7.47. The van der Waals surface area contributed by atoms with Gasteiger partial charge in [0.05, 0.1) is 6.54 Å². The van der Waals surface area contributed by atoms with Crippen molar-refractivity contribution in [2.24, 2.45) is 0 Å². The summed E-state index contributed by atoms with van der Waals surface area (Å²) >= 11 is 0. The van der Waals surface area contributed by atoms with Gasteiger partial charge in [-0.1, -0.05) is 46.8 Å². The van der Waals surface area contributed by atoms with Crippen molar-refractivity contribution < 1.29 is 4.42 Å². The summed E-state index contributed by atoms with van der Waals surface area (Å²) < 4.78 is 6.23. The topological polar surface area (TPSA) is 25.2 Å². The zero-order valence-electron chi connectivity index (χ0n) is 13.8. The van der Waals surface area contributed by atoms with Gasteiger partial charge in [-0.2, -0.15) is 0 Å². The van der Waals surface area contributed by atoms with Crippen LogP contribution in [-0.2, 0) is 12.0 Å². The van der Waals surface area contributed by atoms with E-state index in [1.165, 1.54) is 22.1 Å². The molecule has 0 atom stereocenters. The molecule has 0 saturated carbocycles. The fourth-order valence-corrected chi connectivity index (χ4v) is 2.65. The summed E-state index contributed by atoms with van der Waals surface area (Å²) in [5.41, 5.74) is 5.02. The molecular formula is C18H27NO. The van der Waals surface area contributed by atoms with Crippen molar-refractivity contribution in [2.75, 3.05) is 0 Å². The molecule has 0 aliphatic heterocycles. The smallest absolute Gasteiger partial charge is 0.138 e. The first-order chi connectivity index (χ1) is 9.21. The minimum absolute atomic E-state index is 0.0962. The van der Waals surface area contributed by atoms with Crippen molar-refractivity contribution in [3.05, 3.63) is 34.6 Å². The highest BCUT2D eigenvalue weighted by Gasteiger charge is 2.22. The van der Waals surface area contributed by atoms with Crippen LogP contribution in [0.1, 0.15) is 57.1 Å². The van der Waals surface area contributed by atoms with Crippen LogP contribution in [0, 0.1) is 13.8 Å². The number of rotatable bonds is 3. The molecule has 1 aromatic heterocycles. The summed E-state index contributed by atoms with van der Waals surface area (Å²) in [6.07, 6.45) is 0. The highest BCUT2D eigenvalue weighted by molar-refractivity contribution is 5.88. The van der Waals surface area contributed by atoms with Gasteiger partial charge in [-0.25, -0.2) is 0 Å². The van der Waals surface area contributed by atoms with E-state index in [4.69, 9.17) is 4.42 Å². The molecule has 0 amide bonds. The third-order valence-electron chi connectivity index (χ3n) is 3.86. The van der Waals surface area contributed by atoms with Gasteiger partial charge in [0.25, 0.3) is 0 Å². The molecule has 0 fully saturated rings. The third-order valence-corrected chi connectivity index (χ3v) is 3.86. The van der Waals surface area contributed by atoms with Gasteiger partial charge >= 0.3 is 0 Å². The van der Waals surface area contributed by atoms with Crippen molar-refractivity contribution in [3.63, 3.8) is 0 Å². The summed E-state index contributed by atoms with van der Waals surface area (Å²) in [5.74, 6) is 1.06. The lowest BCUT2D eigenvalue weighted by molar-refractivity contribution is 0.477. The van der Waals surface area contributed by atoms with Crippen molar-refractivity contribution in [1.29, 1.82) is 0 Å². The van der Waals surface area contributed by atoms with E-state index in [0.29, 0.717) is 6.04 Å². The SMILES string of the molecule is Cc1ccc(C(C)(C)C)c2oc(CNC(C)C)c(C)c12. The zero-order chi connectivity index (χ0) is 15.1. The van der Waals surface area contributed by atoms with E-state index in [1.807, 2.05) is 0 Å². The molecule has 110 valence electrons. The van der Waals surface area contributed by atoms with Crippen molar-refractivity contribution in [1.82, 2.24) is 5.32 Å². The Morgan fingerprint density at radius 3 is 2.35 bits per heavy atom. The molecule has 1 heterocycles. The van der Waals surface area contributed by atoms with E-state index >= 15 is 0 Å². The fraction of sp³-hybridized carbons (Fsp3) is 0.556. The summed E-state index contributed by atoms with van der Waals surface area (Å²) in [6.45, 7) is 16.2. The van der Waals surface area contributed by atoms with E-state index in [-0.39, 0.29) is 5.41 Å². The second-order valence-electron chi connectivity index (χ2n) is 7.07. The van der Waals surface area contributed by atoms with E-state index in [1.54, 1.807) is 0 Å². The summed E-state index contributed by atoms with van der Waals surface area (Å²) in [7, 11) is 0. The molecule has 2 rings (SSSR count). The molecule has 0 bridgehead atoms. The number of furan rings is 1. The minimum atomic E-state index is 0.0962. The molecular weight excluding hydrogens is 246 g/mol. The van der Waals surface area contributed by atoms with Crippen LogP contribution in [0.4, 0.5) is 0 Å². The van der Waals surface area contributed by atoms with Gasteiger partial charge in [0.1, 0.15) is 11.3 Å². The summed E-state index contributed by atoms with van der Waals surface area (Å²) in [5, 5.41) is 4.74. The maximum atomic E-state index is 6.23. The van der Waals surface area contributed by atoms with Gasteiger partial charge in [0.2, 0.25) is 0 Å². The highest BCUT2D eigenvalue weighted by Crippen LogP contribution is 2.36. The van der Waals surface area contributed by atoms with Crippen molar-refractivity contribution >= 4 is 11.0 Å². The fourth-order valence-electron chi connectivity index (χ4n) is 2.65. The minimum Gasteiger partial charge on any atom is -0.459 e. The highest BCUT2D eigenvalue weighted by atomic mass is 16.3. The van der Waals surface area contributed by atoms with Crippen LogP contribution in [0.2, 0.25) is 0 Å². The Morgan fingerprint density at radius 2 is 1.80 bits per heavy atom. The van der Waals surface area contributed by atoms with Crippen LogP contribution in [0.25, 0.3) is 11.0 Å². The molecule has 0 aliphatic rings. The molecule has 1 N–H and O–H groups in total. The van der Waals surface area contributed by atoms with E-state index in [2.05, 4.69) is 65.9 Å². The van der Waals surface area contributed by atoms with Crippen LogP contribution in [0.5, 0.6) is 0 Å². The predicted molar refractivity (Wildman–Crippen MR) is 86.4 cm³/mol. The second-order valence-corrected chi connectivity index (χ2v) is 7.07. The van der Waals surface area contributed by atoms with Crippen LogP contribution >= 0.6 is 0 Å². The number of nitrogens with one attached hydrogen (secondary N) is 1. The number of benzene rings is 1. The van der Waals surface area contributed by atoms with Gasteiger partial charge in [-0.15, -0.1) is 0 Å². The van der Waals surface area contributed by atoms with Gasteiger partial charge in [-0.05, 0) is 30.4 Å². The molecule has 0 saturated heterocycles. The summed E-state index contributed by atoms with van der Waals surface area (Å²) in [4.78, 5) is 0. The molecule has 0 spiro atoms. The average Bonchev–Trinajstić information content (AvgIpc) is 2.63. The molecule has 2 aromatic rings. The lowest BCUT2D eigenvalue weighted by Gasteiger charge is -2.19. The normalized spacial score (nSPS) is 12.6. The Kier molecular flexibility index (Phi) is 3.97. The molecule has 1 aromatic carbocycles. The Labute approximate surface area is 122 Å². The first kappa shape index (κ1) is 15.1. The average molecular weight is 273 g/mol. The Hall–Kier alpha value is -1.28. The van der Waals surface area contributed by atoms with Crippen LogP contribution in [0.3, 0.4) is 0 Å². The number of hydrogen-bond donors (Lipinski definition) is 1. The molecule has 0 aliphatic carbocycles. The van der Waals surface area contributed by atoms with Gasteiger partial charge in [0, 0.05) is 17.0 Å². The Bertz CT molecular complexity index is 614. The second kappa shape index (κ2) is 5.25. The van der Waals surface area contributed by atoms with E-state index < -0.39 is 0 Å². The van der Waals surface area contributed by atoms with Crippen LogP contribution in [0.15, 0.2) is 16.5 Å². The number of fused-ring (bicyclic) bond motifs is 1.